The first-order chi connectivity index (χ1) is 8.71. The third kappa shape index (κ3) is 2.09. The van der Waals surface area contributed by atoms with Crippen LogP contribution in [-0.2, 0) is 5.54 Å². The van der Waals surface area contributed by atoms with Crippen LogP contribution in [0.2, 0.25) is 10.0 Å². The van der Waals surface area contributed by atoms with E-state index >= 15 is 0 Å². The van der Waals surface area contributed by atoms with Gasteiger partial charge in [-0.1, -0.05) is 59.6 Å². The topological polar surface area (TPSA) is 12.0 Å². The molecule has 0 aromatic heterocycles. The molecule has 0 heterocycles. The van der Waals surface area contributed by atoms with Crippen LogP contribution in [-0.4, -0.2) is 0 Å². The second-order valence-electron chi connectivity index (χ2n) is 4.67. The highest BCUT2D eigenvalue weighted by molar-refractivity contribution is 6.43. The van der Waals surface area contributed by atoms with Crippen LogP contribution in [0.25, 0.3) is 0 Å². The fourth-order valence-electron chi connectivity index (χ4n) is 2.23. The van der Waals surface area contributed by atoms with Gasteiger partial charge < -0.3 is 5.32 Å². The summed E-state index contributed by atoms with van der Waals surface area (Å²) < 4.78 is 0. The molecule has 92 valence electrons. The maximum Gasteiger partial charge on any atom is 0.0823 e. The predicted octanol–water partition coefficient (Wildman–Crippen LogP) is 5.09. The predicted molar refractivity (Wildman–Crippen MR) is 77.4 cm³/mol. The van der Waals surface area contributed by atoms with E-state index < -0.39 is 0 Å². The summed E-state index contributed by atoms with van der Waals surface area (Å²) >= 11 is 12.3. The maximum absolute atomic E-state index is 6.22. The van der Waals surface area contributed by atoms with Gasteiger partial charge in [0.2, 0.25) is 0 Å². The Morgan fingerprint density at radius 2 is 1.61 bits per heavy atom. The molecule has 0 atom stereocenters. The molecule has 3 heteroatoms. The largest absolute Gasteiger partial charge is 0.374 e. The lowest BCUT2D eigenvalue weighted by Crippen LogP contribution is -2.18. The minimum Gasteiger partial charge on any atom is -0.374 e. The van der Waals surface area contributed by atoms with Crippen LogP contribution in [0.4, 0.5) is 5.69 Å². The lowest BCUT2D eigenvalue weighted by molar-refractivity contribution is 0.808. The molecule has 0 unspecified atom stereocenters. The smallest absolute Gasteiger partial charge is 0.0823 e. The average Bonchev–Trinajstić information content (AvgIpc) is 3.17. The zero-order valence-electron chi connectivity index (χ0n) is 9.79. The Bertz CT molecular complexity index is 562. The van der Waals surface area contributed by atoms with Crippen molar-refractivity contribution in [3.05, 3.63) is 64.1 Å². The summed E-state index contributed by atoms with van der Waals surface area (Å²) in [5.41, 5.74) is 2.25. The Kier molecular flexibility index (Phi) is 2.96. The van der Waals surface area contributed by atoms with E-state index in [-0.39, 0.29) is 5.54 Å². The second kappa shape index (κ2) is 4.49. The van der Waals surface area contributed by atoms with Crippen LogP contribution < -0.4 is 5.32 Å². The van der Waals surface area contributed by atoms with Crippen molar-refractivity contribution < 1.29 is 0 Å². The van der Waals surface area contributed by atoms with E-state index in [0.29, 0.717) is 10.0 Å². The van der Waals surface area contributed by atoms with E-state index in [1.807, 2.05) is 18.2 Å². The molecule has 1 aliphatic rings. The lowest BCUT2D eigenvalue weighted by Gasteiger charge is -2.20. The summed E-state index contributed by atoms with van der Waals surface area (Å²) in [6, 6.07) is 16.2. The van der Waals surface area contributed by atoms with Crippen LogP contribution in [0.3, 0.4) is 0 Å². The third-order valence-electron chi connectivity index (χ3n) is 3.40. The molecule has 1 aliphatic carbocycles. The quantitative estimate of drug-likeness (QED) is 0.824. The van der Waals surface area contributed by atoms with Crippen LogP contribution in [0.1, 0.15) is 18.4 Å². The second-order valence-corrected chi connectivity index (χ2v) is 5.46. The number of nitrogens with one attached hydrogen (secondary N) is 1. The first-order valence-electron chi connectivity index (χ1n) is 5.99. The van der Waals surface area contributed by atoms with E-state index in [0.717, 1.165) is 18.5 Å². The molecule has 0 bridgehead atoms. The minimum atomic E-state index is 0.0373. The Balaban J connectivity index is 1.91. The molecule has 18 heavy (non-hydrogen) atoms. The Morgan fingerprint density at radius 1 is 0.889 bits per heavy atom. The monoisotopic (exact) mass is 277 g/mol. The molecule has 2 aromatic rings. The summed E-state index contributed by atoms with van der Waals surface area (Å²) in [6.45, 7) is 0. The van der Waals surface area contributed by atoms with Crippen molar-refractivity contribution in [3.8, 4) is 0 Å². The van der Waals surface area contributed by atoms with E-state index in [1.165, 1.54) is 5.56 Å². The van der Waals surface area contributed by atoms with Gasteiger partial charge in [0.05, 0.1) is 21.3 Å². The van der Waals surface area contributed by atoms with Gasteiger partial charge in [-0.2, -0.15) is 0 Å². The number of halogens is 2. The van der Waals surface area contributed by atoms with Crippen molar-refractivity contribution in [2.75, 3.05) is 5.32 Å². The minimum absolute atomic E-state index is 0.0373. The molecular formula is C15H13Cl2N. The van der Waals surface area contributed by atoms with Gasteiger partial charge in [0.25, 0.3) is 0 Å². The van der Waals surface area contributed by atoms with Crippen molar-refractivity contribution >= 4 is 28.9 Å². The van der Waals surface area contributed by atoms with Crippen LogP contribution in [0, 0.1) is 0 Å². The van der Waals surface area contributed by atoms with Gasteiger partial charge in [0.15, 0.2) is 0 Å². The summed E-state index contributed by atoms with van der Waals surface area (Å²) in [5.74, 6) is 0. The van der Waals surface area contributed by atoms with Crippen molar-refractivity contribution in [2.24, 2.45) is 0 Å². The molecule has 1 N–H and O–H groups in total. The Labute approximate surface area is 117 Å². The summed E-state index contributed by atoms with van der Waals surface area (Å²) in [7, 11) is 0. The first kappa shape index (κ1) is 11.9. The van der Waals surface area contributed by atoms with Crippen molar-refractivity contribution in [3.63, 3.8) is 0 Å². The van der Waals surface area contributed by atoms with E-state index in [2.05, 4.69) is 29.6 Å². The standard InChI is InChI=1S/C15H13Cl2N/c16-12-7-4-8-13(14(12)17)18-15(9-10-15)11-5-2-1-3-6-11/h1-8,18H,9-10H2. The lowest BCUT2D eigenvalue weighted by atomic mass is 10.0. The van der Waals surface area contributed by atoms with Crippen LogP contribution in [0.5, 0.6) is 0 Å². The SMILES string of the molecule is Clc1cccc(NC2(c3ccccc3)CC2)c1Cl. The maximum atomic E-state index is 6.22. The Hall–Kier alpha value is -1.18. The molecule has 1 saturated carbocycles. The van der Waals surface area contributed by atoms with Crippen LogP contribution >= 0.6 is 23.2 Å². The molecule has 0 amide bonds. The third-order valence-corrected chi connectivity index (χ3v) is 4.22. The fourth-order valence-corrected chi connectivity index (χ4v) is 2.57. The van der Waals surface area contributed by atoms with E-state index in [1.54, 1.807) is 6.07 Å². The molecule has 0 saturated heterocycles. The highest BCUT2D eigenvalue weighted by atomic mass is 35.5. The summed E-state index contributed by atoms with van der Waals surface area (Å²) in [4.78, 5) is 0. The van der Waals surface area contributed by atoms with Gasteiger partial charge in [-0.15, -0.1) is 0 Å². The summed E-state index contributed by atoms with van der Waals surface area (Å²) in [5, 5.41) is 4.73. The van der Waals surface area contributed by atoms with Gasteiger partial charge in [0, 0.05) is 0 Å². The van der Waals surface area contributed by atoms with Crippen LogP contribution in [0.15, 0.2) is 48.5 Å². The molecule has 0 spiro atoms. The number of hydrogen-bond donors (Lipinski definition) is 1. The van der Waals surface area contributed by atoms with E-state index in [9.17, 15) is 0 Å². The highest BCUT2D eigenvalue weighted by Crippen LogP contribution is 2.49. The molecule has 1 fully saturated rings. The first-order valence-corrected chi connectivity index (χ1v) is 6.75. The number of rotatable bonds is 3. The van der Waals surface area contributed by atoms with Gasteiger partial charge in [-0.05, 0) is 30.5 Å². The average molecular weight is 278 g/mol. The zero-order valence-corrected chi connectivity index (χ0v) is 11.3. The van der Waals surface area contributed by atoms with Gasteiger partial charge >= 0.3 is 0 Å². The molecule has 3 rings (SSSR count). The normalized spacial score (nSPS) is 16.3. The highest BCUT2D eigenvalue weighted by Gasteiger charge is 2.44. The molecule has 2 aromatic carbocycles. The molecule has 0 aliphatic heterocycles. The molecular weight excluding hydrogens is 265 g/mol. The van der Waals surface area contributed by atoms with Crippen molar-refractivity contribution in [2.45, 2.75) is 18.4 Å². The van der Waals surface area contributed by atoms with Crippen molar-refractivity contribution in [1.82, 2.24) is 0 Å². The number of hydrogen-bond acceptors (Lipinski definition) is 1. The Morgan fingerprint density at radius 3 is 2.28 bits per heavy atom. The molecule has 0 radical (unpaired) electrons. The van der Waals surface area contributed by atoms with Gasteiger partial charge in [-0.25, -0.2) is 0 Å². The molecule has 1 nitrogen and oxygen atoms in total. The summed E-state index contributed by atoms with van der Waals surface area (Å²) in [6.07, 6.45) is 2.25. The van der Waals surface area contributed by atoms with Crippen molar-refractivity contribution in [1.29, 1.82) is 0 Å². The number of benzene rings is 2. The van der Waals surface area contributed by atoms with E-state index in [4.69, 9.17) is 23.2 Å². The fraction of sp³-hybridized carbons (Fsp3) is 0.200. The van der Waals surface area contributed by atoms with Gasteiger partial charge in [-0.3, -0.25) is 0 Å². The zero-order chi connectivity index (χ0) is 12.6. The number of anilines is 1. The van der Waals surface area contributed by atoms with Gasteiger partial charge in [0.1, 0.15) is 0 Å².